The fraction of sp³-hybridized carbons (Fsp3) is 0.0952. The molecule has 0 radical (unpaired) electrons. The first-order valence-electron chi connectivity index (χ1n) is 8.39. The maximum atomic E-state index is 5.86. The van der Waals surface area contributed by atoms with Gasteiger partial charge in [-0.05, 0) is 35.9 Å². The van der Waals surface area contributed by atoms with Gasteiger partial charge in [-0.2, -0.15) is 0 Å². The fourth-order valence-corrected chi connectivity index (χ4v) is 2.61. The largest absolute Gasteiger partial charge is 0.477 e. The number of pyridine rings is 1. The Kier molecular flexibility index (Phi) is 4.69. The SMILES string of the molecule is c1ccc(Oc2ccc(CCOc3ncnc4ccccc34)cc2)nc1. The summed E-state index contributed by atoms with van der Waals surface area (Å²) in [7, 11) is 0. The van der Waals surface area contributed by atoms with E-state index in [1.807, 2.05) is 66.7 Å². The summed E-state index contributed by atoms with van der Waals surface area (Å²) in [6.45, 7) is 0.543. The third-order valence-electron chi connectivity index (χ3n) is 3.92. The Labute approximate surface area is 151 Å². The van der Waals surface area contributed by atoms with Crippen molar-refractivity contribution in [3.8, 4) is 17.5 Å². The smallest absolute Gasteiger partial charge is 0.224 e. The summed E-state index contributed by atoms with van der Waals surface area (Å²) >= 11 is 0. The molecule has 0 amide bonds. The minimum Gasteiger partial charge on any atom is -0.477 e. The van der Waals surface area contributed by atoms with Gasteiger partial charge in [0.1, 0.15) is 12.1 Å². The second-order valence-corrected chi connectivity index (χ2v) is 5.71. The van der Waals surface area contributed by atoms with Gasteiger partial charge in [0.05, 0.1) is 17.5 Å². The second-order valence-electron chi connectivity index (χ2n) is 5.71. The Morgan fingerprint density at radius 1 is 0.769 bits per heavy atom. The average molecular weight is 343 g/mol. The first kappa shape index (κ1) is 16.0. The van der Waals surface area contributed by atoms with Crippen LogP contribution >= 0.6 is 0 Å². The van der Waals surface area contributed by atoms with E-state index >= 15 is 0 Å². The third-order valence-corrected chi connectivity index (χ3v) is 3.92. The highest BCUT2D eigenvalue weighted by Crippen LogP contribution is 2.22. The van der Waals surface area contributed by atoms with E-state index < -0.39 is 0 Å². The maximum Gasteiger partial charge on any atom is 0.224 e. The van der Waals surface area contributed by atoms with Gasteiger partial charge in [-0.25, -0.2) is 15.0 Å². The standard InChI is InChI=1S/C21H17N3O2/c1-2-6-19-18(5-1)21(24-15-23-19)25-14-12-16-8-10-17(11-9-16)26-20-7-3-4-13-22-20/h1-11,13,15H,12,14H2. The van der Waals surface area contributed by atoms with Crippen molar-refractivity contribution in [2.45, 2.75) is 6.42 Å². The highest BCUT2D eigenvalue weighted by atomic mass is 16.5. The van der Waals surface area contributed by atoms with E-state index in [1.54, 1.807) is 6.20 Å². The molecule has 2 aromatic carbocycles. The molecule has 0 unspecified atom stereocenters. The molecule has 0 aliphatic carbocycles. The lowest BCUT2D eigenvalue weighted by molar-refractivity contribution is 0.313. The van der Waals surface area contributed by atoms with Gasteiger partial charge in [-0.15, -0.1) is 0 Å². The molecule has 0 N–H and O–H groups in total. The van der Waals surface area contributed by atoms with E-state index in [0.29, 0.717) is 18.4 Å². The van der Waals surface area contributed by atoms with Crippen LogP contribution in [0.4, 0.5) is 0 Å². The van der Waals surface area contributed by atoms with E-state index in [2.05, 4.69) is 15.0 Å². The Balaban J connectivity index is 1.36. The number of rotatable bonds is 6. The van der Waals surface area contributed by atoms with Crippen molar-refractivity contribution in [2.75, 3.05) is 6.61 Å². The van der Waals surface area contributed by atoms with Crippen LogP contribution in [-0.4, -0.2) is 21.6 Å². The lowest BCUT2D eigenvalue weighted by atomic mass is 10.1. The van der Waals surface area contributed by atoms with Crippen LogP contribution in [0.5, 0.6) is 17.5 Å². The van der Waals surface area contributed by atoms with Gasteiger partial charge in [0.25, 0.3) is 0 Å². The zero-order chi connectivity index (χ0) is 17.6. The van der Waals surface area contributed by atoms with Gasteiger partial charge in [0.15, 0.2) is 0 Å². The van der Waals surface area contributed by atoms with Crippen molar-refractivity contribution in [3.05, 3.63) is 84.8 Å². The lowest BCUT2D eigenvalue weighted by Crippen LogP contribution is -2.03. The average Bonchev–Trinajstić information content (AvgIpc) is 2.70. The number of aromatic nitrogens is 3. The summed E-state index contributed by atoms with van der Waals surface area (Å²) in [5.41, 5.74) is 2.05. The molecule has 0 fully saturated rings. The molecular weight excluding hydrogens is 326 g/mol. The highest BCUT2D eigenvalue weighted by Gasteiger charge is 2.04. The van der Waals surface area contributed by atoms with Crippen LogP contribution < -0.4 is 9.47 Å². The number of para-hydroxylation sites is 1. The predicted octanol–water partition coefficient (Wildman–Crippen LogP) is 4.44. The van der Waals surface area contributed by atoms with Gasteiger partial charge in [0, 0.05) is 18.7 Å². The Hall–Kier alpha value is -3.47. The van der Waals surface area contributed by atoms with Crippen LogP contribution in [0.25, 0.3) is 10.9 Å². The molecule has 4 rings (SSSR count). The molecule has 0 atom stereocenters. The van der Waals surface area contributed by atoms with Gasteiger partial charge in [0.2, 0.25) is 11.8 Å². The summed E-state index contributed by atoms with van der Waals surface area (Å²) in [6, 6.07) is 21.3. The Morgan fingerprint density at radius 3 is 2.46 bits per heavy atom. The second kappa shape index (κ2) is 7.61. The summed E-state index contributed by atoms with van der Waals surface area (Å²) in [6.07, 6.45) is 4.02. The van der Waals surface area contributed by atoms with Crippen LogP contribution in [-0.2, 0) is 6.42 Å². The molecule has 5 nitrogen and oxygen atoms in total. The van der Waals surface area contributed by atoms with Crippen molar-refractivity contribution >= 4 is 10.9 Å². The van der Waals surface area contributed by atoms with Crippen LogP contribution in [0.2, 0.25) is 0 Å². The molecule has 26 heavy (non-hydrogen) atoms. The van der Waals surface area contributed by atoms with Crippen molar-refractivity contribution in [1.82, 2.24) is 15.0 Å². The quantitative estimate of drug-likeness (QED) is 0.518. The number of nitrogens with zero attached hydrogens (tertiary/aromatic N) is 3. The molecule has 4 aromatic rings. The summed E-state index contributed by atoms with van der Waals surface area (Å²) in [4.78, 5) is 12.6. The topological polar surface area (TPSA) is 57.1 Å². The first-order valence-corrected chi connectivity index (χ1v) is 8.39. The zero-order valence-corrected chi connectivity index (χ0v) is 14.1. The maximum absolute atomic E-state index is 5.86. The van der Waals surface area contributed by atoms with Crippen LogP contribution in [0.3, 0.4) is 0 Å². The molecular formula is C21H17N3O2. The Morgan fingerprint density at radius 2 is 1.62 bits per heavy atom. The third kappa shape index (κ3) is 3.78. The summed E-state index contributed by atoms with van der Waals surface area (Å²) < 4.78 is 11.6. The first-order chi connectivity index (χ1) is 12.9. The monoisotopic (exact) mass is 343 g/mol. The van der Waals surface area contributed by atoms with Crippen molar-refractivity contribution in [2.24, 2.45) is 0 Å². The van der Waals surface area contributed by atoms with E-state index in [1.165, 1.54) is 6.33 Å². The van der Waals surface area contributed by atoms with E-state index in [4.69, 9.17) is 9.47 Å². The number of benzene rings is 2. The fourth-order valence-electron chi connectivity index (χ4n) is 2.61. The van der Waals surface area contributed by atoms with E-state index in [0.717, 1.165) is 28.6 Å². The van der Waals surface area contributed by atoms with E-state index in [9.17, 15) is 0 Å². The number of hydrogen-bond acceptors (Lipinski definition) is 5. The van der Waals surface area contributed by atoms with Gasteiger partial charge >= 0.3 is 0 Å². The molecule has 5 heteroatoms. The van der Waals surface area contributed by atoms with Gasteiger partial charge in [-0.1, -0.05) is 30.3 Å². The molecule has 0 spiro atoms. The molecule has 0 saturated carbocycles. The van der Waals surface area contributed by atoms with Crippen LogP contribution in [0, 0.1) is 0 Å². The minimum absolute atomic E-state index is 0.543. The minimum atomic E-state index is 0.543. The number of fused-ring (bicyclic) bond motifs is 1. The molecule has 0 bridgehead atoms. The Bertz CT molecular complexity index is 983. The number of ether oxygens (including phenoxy) is 2. The summed E-state index contributed by atoms with van der Waals surface area (Å²) in [5, 5.41) is 0.925. The van der Waals surface area contributed by atoms with Crippen molar-refractivity contribution < 1.29 is 9.47 Å². The normalized spacial score (nSPS) is 10.6. The molecule has 0 aliphatic rings. The molecule has 2 aromatic heterocycles. The molecule has 0 aliphatic heterocycles. The van der Waals surface area contributed by atoms with Crippen molar-refractivity contribution in [1.29, 1.82) is 0 Å². The van der Waals surface area contributed by atoms with Crippen LogP contribution in [0.1, 0.15) is 5.56 Å². The van der Waals surface area contributed by atoms with Gasteiger partial charge < -0.3 is 9.47 Å². The molecule has 128 valence electrons. The van der Waals surface area contributed by atoms with E-state index in [-0.39, 0.29) is 0 Å². The zero-order valence-electron chi connectivity index (χ0n) is 14.1. The lowest BCUT2D eigenvalue weighted by Gasteiger charge is -2.08. The van der Waals surface area contributed by atoms with Gasteiger partial charge in [-0.3, -0.25) is 0 Å². The van der Waals surface area contributed by atoms with Crippen LogP contribution in [0.15, 0.2) is 79.3 Å². The predicted molar refractivity (Wildman–Crippen MR) is 99.5 cm³/mol. The molecule has 2 heterocycles. The highest BCUT2D eigenvalue weighted by molar-refractivity contribution is 5.82. The molecule has 0 saturated heterocycles. The van der Waals surface area contributed by atoms with Crippen molar-refractivity contribution in [3.63, 3.8) is 0 Å². The number of hydrogen-bond donors (Lipinski definition) is 0. The summed E-state index contributed by atoms with van der Waals surface area (Å²) in [5.74, 6) is 1.96.